The molecule has 1 aromatic rings. The van der Waals surface area contributed by atoms with E-state index in [1.54, 1.807) is 16.6 Å². The summed E-state index contributed by atoms with van der Waals surface area (Å²) >= 11 is 1.53. The van der Waals surface area contributed by atoms with E-state index in [-0.39, 0.29) is 23.8 Å². The first-order chi connectivity index (χ1) is 10.1. The second kappa shape index (κ2) is 5.40. The van der Waals surface area contributed by atoms with Gasteiger partial charge in [0.2, 0.25) is 11.8 Å². The van der Waals surface area contributed by atoms with E-state index >= 15 is 0 Å². The lowest BCUT2D eigenvalue weighted by atomic mass is 9.87. The molecule has 0 radical (unpaired) electrons. The molecule has 6 heteroatoms. The summed E-state index contributed by atoms with van der Waals surface area (Å²) in [5.74, 6) is 0.351. The fourth-order valence-electron chi connectivity index (χ4n) is 3.16. The summed E-state index contributed by atoms with van der Waals surface area (Å²) in [4.78, 5) is 32.4. The molecule has 2 amide bonds. The van der Waals surface area contributed by atoms with Gasteiger partial charge in [-0.15, -0.1) is 11.3 Å². The molecule has 5 nitrogen and oxygen atoms in total. The van der Waals surface area contributed by atoms with Crippen LogP contribution >= 0.6 is 11.3 Å². The van der Waals surface area contributed by atoms with Crippen LogP contribution in [0.4, 0.5) is 0 Å². The summed E-state index contributed by atoms with van der Waals surface area (Å²) in [5, 5.41) is 2.95. The van der Waals surface area contributed by atoms with Crippen LogP contribution in [0.3, 0.4) is 0 Å². The molecule has 21 heavy (non-hydrogen) atoms. The second-order valence-corrected chi connectivity index (χ2v) is 7.10. The van der Waals surface area contributed by atoms with Crippen molar-refractivity contribution >= 4 is 23.2 Å². The zero-order valence-corrected chi connectivity index (χ0v) is 13.3. The Labute approximate surface area is 128 Å². The van der Waals surface area contributed by atoms with E-state index in [1.165, 1.54) is 11.3 Å². The van der Waals surface area contributed by atoms with Crippen molar-refractivity contribution in [1.82, 2.24) is 15.2 Å². The van der Waals surface area contributed by atoms with Crippen molar-refractivity contribution in [2.24, 2.45) is 5.92 Å². The summed E-state index contributed by atoms with van der Waals surface area (Å²) in [6.45, 7) is 4.44. The third-order valence-corrected chi connectivity index (χ3v) is 5.40. The maximum absolute atomic E-state index is 12.8. The van der Waals surface area contributed by atoms with Crippen molar-refractivity contribution in [3.05, 3.63) is 16.6 Å². The molecular formula is C15H21N3O2S. The van der Waals surface area contributed by atoms with Gasteiger partial charge in [0.1, 0.15) is 11.6 Å². The molecule has 114 valence electrons. The highest BCUT2D eigenvalue weighted by Crippen LogP contribution is 2.45. The zero-order valence-electron chi connectivity index (χ0n) is 12.5. The average molecular weight is 307 g/mol. The van der Waals surface area contributed by atoms with Gasteiger partial charge in [0.25, 0.3) is 0 Å². The van der Waals surface area contributed by atoms with Gasteiger partial charge in [-0.3, -0.25) is 14.6 Å². The molecule has 1 N–H and O–H groups in total. The van der Waals surface area contributed by atoms with Gasteiger partial charge in [0, 0.05) is 11.1 Å². The van der Waals surface area contributed by atoms with E-state index in [0.29, 0.717) is 13.0 Å². The Hall–Kier alpha value is -1.43. The van der Waals surface area contributed by atoms with E-state index in [9.17, 15) is 9.59 Å². The minimum Gasteiger partial charge on any atom is -0.342 e. The molecule has 2 atom stereocenters. The number of rotatable bonds is 5. The van der Waals surface area contributed by atoms with Crippen molar-refractivity contribution in [2.75, 3.05) is 0 Å². The Morgan fingerprint density at radius 2 is 2.24 bits per heavy atom. The Kier molecular flexibility index (Phi) is 3.73. The maximum Gasteiger partial charge on any atom is 0.246 e. The number of nitrogens with one attached hydrogen (secondary N) is 1. The number of carbonyl (C=O) groups excluding carboxylic acids is 2. The number of thiazole rings is 1. The normalized spacial score (nSPS) is 29.6. The molecule has 0 spiro atoms. The average Bonchev–Trinajstić information content (AvgIpc) is 3.19. The van der Waals surface area contributed by atoms with Crippen molar-refractivity contribution in [1.29, 1.82) is 0 Å². The highest BCUT2D eigenvalue weighted by atomic mass is 32.1. The molecule has 1 saturated heterocycles. The molecule has 2 aliphatic rings. The predicted molar refractivity (Wildman–Crippen MR) is 80.6 cm³/mol. The zero-order chi connectivity index (χ0) is 15.0. The summed E-state index contributed by atoms with van der Waals surface area (Å²) in [6.07, 6.45) is 5.41. The summed E-state index contributed by atoms with van der Waals surface area (Å²) in [7, 11) is 0. The van der Waals surface area contributed by atoms with Crippen LogP contribution in [-0.2, 0) is 16.1 Å². The molecule has 0 bridgehead atoms. The van der Waals surface area contributed by atoms with Crippen LogP contribution in [0, 0.1) is 5.92 Å². The molecule has 0 aromatic carbocycles. The van der Waals surface area contributed by atoms with E-state index in [0.717, 1.165) is 24.1 Å². The summed E-state index contributed by atoms with van der Waals surface area (Å²) < 4.78 is 0. The van der Waals surface area contributed by atoms with Crippen LogP contribution in [0.15, 0.2) is 11.7 Å². The molecular weight excluding hydrogens is 286 g/mol. The van der Waals surface area contributed by atoms with Gasteiger partial charge in [-0.25, -0.2) is 0 Å². The number of amides is 2. The number of carbonyl (C=O) groups is 2. The lowest BCUT2D eigenvalue weighted by Crippen LogP contribution is -2.70. The van der Waals surface area contributed by atoms with E-state index < -0.39 is 5.54 Å². The highest BCUT2D eigenvalue weighted by Gasteiger charge is 2.56. The molecule has 1 saturated carbocycles. The van der Waals surface area contributed by atoms with Crippen molar-refractivity contribution in [2.45, 2.75) is 57.7 Å². The quantitative estimate of drug-likeness (QED) is 0.904. The Balaban J connectivity index is 1.91. The first-order valence-electron chi connectivity index (χ1n) is 7.57. The second-order valence-electron chi connectivity index (χ2n) is 6.13. The largest absolute Gasteiger partial charge is 0.342 e. The smallest absolute Gasteiger partial charge is 0.246 e. The van der Waals surface area contributed by atoms with E-state index in [4.69, 9.17) is 0 Å². The lowest BCUT2D eigenvalue weighted by Gasteiger charge is -2.46. The molecule has 2 heterocycles. The van der Waals surface area contributed by atoms with Gasteiger partial charge in [-0.2, -0.15) is 0 Å². The molecule has 1 aromatic heterocycles. The van der Waals surface area contributed by atoms with Crippen LogP contribution in [-0.4, -0.2) is 33.3 Å². The van der Waals surface area contributed by atoms with E-state index in [1.807, 2.05) is 13.8 Å². The van der Waals surface area contributed by atoms with Crippen molar-refractivity contribution < 1.29 is 9.59 Å². The van der Waals surface area contributed by atoms with Crippen LogP contribution in [0.1, 0.15) is 44.4 Å². The summed E-state index contributed by atoms with van der Waals surface area (Å²) in [6, 6.07) is -0.373. The van der Waals surface area contributed by atoms with Gasteiger partial charge < -0.3 is 10.2 Å². The minimum atomic E-state index is -0.703. The third kappa shape index (κ3) is 2.46. The predicted octanol–water partition coefficient (Wildman–Crippen LogP) is 1.94. The summed E-state index contributed by atoms with van der Waals surface area (Å²) in [5.41, 5.74) is 1.06. The monoisotopic (exact) mass is 307 g/mol. The van der Waals surface area contributed by atoms with Gasteiger partial charge in [0.05, 0.1) is 12.1 Å². The molecule has 2 unspecified atom stereocenters. The molecule has 2 fully saturated rings. The standard InChI is InChI=1S/C15H21N3O2S/c1-3-4-12-13(19)18(8-11-7-16-9-21-11)15(2,10-5-6-10)14(20)17-12/h7,9-10,12H,3-6,8H2,1-2H3,(H,17,20). The SMILES string of the molecule is CCCC1NC(=O)C(C)(C2CC2)N(Cc2cncs2)C1=O. The first kappa shape index (κ1) is 14.5. The number of aromatic nitrogens is 1. The third-order valence-electron chi connectivity index (χ3n) is 4.64. The van der Waals surface area contributed by atoms with Crippen LogP contribution in [0.2, 0.25) is 0 Å². The van der Waals surface area contributed by atoms with Crippen molar-refractivity contribution in [3.8, 4) is 0 Å². The highest BCUT2D eigenvalue weighted by molar-refractivity contribution is 7.09. The van der Waals surface area contributed by atoms with Crippen LogP contribution in [0.5, 0.6) is 0 Å². The Morgan fingerprint density at radius 3 is 2.81 bits per heavy atom. The topological polar surface area (TPSA) is 62.3 Å². The fraction of sp³-hybridized carbons (Fsp3) is 0.667. The number of nitrogens with zero attached hydrogens (tertiary/aromatic N) is 2. The van der Waals surface area contributed by atoms with Gasteiger partial charge in [-0.1, -0.05) is 13.3 Å². The number of hydrogen-bond acceptors (Lipinski definition) is 4. The van der Waals surface area contributed by atoms with Gasteiger partial charge in [-0.05, 0) is 32.1 Å². The maximum atomic E-state index is 12.8. The molecule has 1 aliphatic carbocycles. The first-order valence-corrected chi connectivity index (χ1v) is 8.45. The Morgan fingerprint density at radius 1 is 1.48 bits per heavy atom. The van der Waals surface area contributed by atoms with E-state index in [2.05, 4.69) is 10.3 Å². The van der Waals surface area contributed by atoms with Crippen LogP contribution in [0.25, 0.3) is 0 Å². The number of hydrogen-bond donors (Lipinski definition) is 1. The fourth-order valence-corrected chi connectivity index (χ4v) is 3.74. The van der Waals surface area contributed by atoms with Gasteiger partial charge in [0.15, 0.2) is 0 Å². The van der Waals surface area contributed by atoms with Gasteiger partial charge >= 0.3 is 0 Å². The van der Waals surface area contributed by atoms with Crippen molar-refractivity contribution in [3.63, 3.8) is 0 Å². The van der Waals surface area contributed by atoms with Crippen LogP contribution < -0.4 is 5.32 Å². The minimum absolute atomic E-state index is 0.00700. The molecule has 3 rings (SSSR count). The number of piperazine rings is 1. The Bertz CT molecular complexity index is 541. The lowest BCUT2D eigenvalue weighted by molar-refractivity contribution is -0.159. The molecule has 1 aliphatic heterocycles.